The Morgan fingerprint density at radius 3 is 1.74 bits per heavy atom. The van der Waals surface area contributed by atoms with Gasteiger partial charge in [-0.3, -0.25) is 38.5 Å². The lowest BCUT2D eigenvalue weighted by Gasteiger charge is -2.13. The Morgan fingerprint density at radius 1 is 0.800 bits per heavy atom. The summed E-state index contributed by atoms with van der Waals surface area (Å²) in [5.41, 5.74) is 0. The first-order chi connectivity index (χ1) is 16.6. The Balaban J connectivity index is 2.05. The van der Waals surface area contributed by atoms with Crippen LogP contribution in [0.1, 0.15) is 32.1 Å². The SMILES string of the molecule is COCNC(=O)CNC(=O)CNC(=O)CNC(=O)CNC(=O)CCCCCN1C(=O)CC(S)C1=O. The standard InChI is InChI=1S/C20H32N6O8S/c1-34-12-25-18(31)11-24-17(30)10-23-16(29)9-22-15(28)8-21-14(27)5-3-2-4-6-26-19(32)7-13(35)20(26)33/h13,35H,2-12H2,1H3,(H,21,27)(H,22,28)(H,23,29)(H,24,30)(H,25,31). The number of nitrogens with zero attached hydrogens (tertiary/aromatic N) is 1. The van der Waals surface area contributed by atoms with E-state index >= 15 is 0 Å². The second-order valence-corrected chi connectivity index (χ2v) is 8.18. The number of imide groups is 1. The van der Waals surface area contributed by atoms with E-state index in [0.29, 0.717) is 25.8 Å². The van der Waals surface area contributed by atoms with Crippen LogP contribution in [0.3, 0.4) is 0 Å². The number of carbonyl (C=O) groups excluding carboxylic acids is 7. The van der Waals surface area contributed by atoms with Gasteiger partial charge in [0.15, 0.2) is 0 Å². The summed E-state index contributed by atoms with van der Waals surface area (Å²) >= 11 is 4.05. The molecule has 1 fully saturated rings. The highest BCUT2D eigenvalue weighted by atomic mass is 32.1. The molecular weight excluding hydrogens is 484 g/mol. The molecule has 35 heavy (non-hydrogen) atoms. The van der Waals surface area contributed by atoms with Gasteiger partial charge in [0.25, 0.3) is 0 Å². The third-order valence-corrected chi connectivity index (χ3v) is 5.11. The number of rotatable bonds is 16. The van der Waals surface area contributed by atoms with Crippen LogP contribution in [-0.2, 0) is 38.3 Å². The van der Waals surface area contributed by atoms with Crippen molar-refractivity contribution in [2.75, 3.05) is 46.6 Å². The minimum Gasteiger partial charge on any atom is -0.364 e. The predicted molar refractivity (Wildman–Crippen MR) is 125 cm³/mol. The Labute approximate surface area is 208 Å². The maximum atomic E-state index is 11.8. The van der Waals surface area contributed by atoms with E-state index in [1.165, 1.54) is 12.0 Å². The van der Waals surface area contributed by atoms with Crippen LogP contribution in [-0.4, -0.2) is 98.1 Å². The summed E-state index contributed by atoms with van der Waals surface area (Å²) in [6.07, 6.45) is 1.99. The zero-order chi connectivity index (χ0) is 26.2. The maximum absolute atomic E-state index is 11.8. The highest BCUT2D eigenvalue weighted by Gasteiger charge is 2.35. The van der Waals surface area contributed by atoms with Gasteiger partial charge in [-0.25, -0.2) is 0 Å². The van der Waals surface area contributed by atoms with Crippen LogP contribution in [0.2, 0.25) is 0 Å². The summed E-state index contributed by atoms with van der Waals surface area (Å²) in [5, 5.41) is 11.1. The molecule has 7 amide bonds. The van der Waals surface area contributed by atoms with E-state index < -0.39 is 35.4 Å². The van der Waals surface area contributed by atoms with E-state index in [9.17, 15) is 33.6 Å². The molecule has 0 saturated carbocycles. The van der Waals surface area contributed by atoms with Gasteiger partial charge in [-0.2, -0.15) is 12.6 Å². The third kappa shape index (κ3) is 12.7. The van der Waals surface area contributed by atoms with Crippen molar-refractivity contribution in [1.29, 1.82) is 0 Å². The molecule has 0 radical (unpaired) electrons. The molecule has 1 heterocycles. The van der Waals surface area contributed by atoms with Crippen molar-refractivity contribution >= 4 is 54.0 Å². The minimum absolute atomic E-state index is 0.00803. The fourth-order valence-corrected chi connectivity index (χ4v) is 3.13. The molecule has 1 aliphatic heterocycles. The first kappa shape index (κ1) is 29.8. The highest BCUT2D eigenvalue weighted by Crippen LogP contribution is 2.18. The summed E-state index contributed by atoms with van der Waals surface area (Å²) in [7, 11) is 1.40. The van der Waals surface area contributed by atoms with Gasteiger partial charge in [-0.05, 0) is 12.8 Å². The Hall–Kier alpha value is -3.20. The van der Waals surface area contributed by atoms with Crippen LogP contribution in [0.5, 0.6) is 0 Å². The van der Waals surface area contributed by atoms with E-state index in [2.05, 4.69) is 43.9 Å². The summed E-state index contributed by atoms with van der Waals surface area (Å²) < 4.78 is 4.64. The zero-order valence-corrected chi connectivity index (χ0v) is 20.4. The van der Waals surface area contributed by atoms with E-state index in [-0.39, 0.29) is 56.9 Å². The van der Waals surface area contributed by atoms with E-state index in [1.807, 2.05) is 0 Å². The fourth-order valence-electron chi connectivity index (χ4n) is 2.84. The average molecular weight is 517 g/mol. The smallest absolute Gasteiger partial charge is 0.242 e. The molecule has 1 rings (SSSR count). The molecule has 0 aliphatic carbocycles. The van der Waals surface area contributed by atoms with Gasteiger partial charge in [-0.1, -0.05) is 6.42 Å². The van der Waals surface area contributed by atoms with Gasteiger partial charge in [0.2, 0.25) is 41.4 Å². The third-order valence-electron chi connectivity index (χ3n) is 4.70. The molecule has 1 unspecified atom stereocenters. The predicted octanol–water partition coefficient (Wildman–Crippen LogP) is -3.21. The second-order valence-electron chi connectivity index (χ2n) is 7.55. The molecule has 0 aromatic heterocycles. The van der Waals surface area contributed by atoms with Gasteiger partial charge in [-0.15, -0.1) is 0 Å². The van der Waals surface area contributed by atoms with E-state index in [4.69, 9.17) is 0 Å². The molecule has 14 nitrogen and oxygen atoms in total. The number of hydrogen-bond donors (Lipinski definition) is 6. The molecule has 196 valence electrons. The molecule has 0 aromatic carbocycles. The molecule has 0 bridgehead atoms. The number of ether oxygens (including phenoxy) is 1. The quantitative estimate of drug-likeness (QED) is 0.0534. The van der Waals surface area contributed by atoms with Crippen molar-refractivity contribution in [3.63, 3.8) is 0 Å². The minimum atomic E-state index is -0.622. The van der Waals surface area contributed by atoms with E-state index in [1.54, 1.807) is 0 Å². The molecule has 1 atom stereocenters. The normalized spacial score (nSPS) is 14.9. The van der Waals surface area contributed by atoms with Crippen LogP contribution in [0.15, 0.2) is 0 Å². The lowest BCUT2D eigenvalue weighted by Crippen LogP contribution is -2.45. The van der Waals surface area contributed by atoms with Crippen LogP contribution in [0, 0.1) is 0 Å². The molecule has 15 heteroatoms. The Bertz CT molecular complexity index is 808. The van der Waals surface area contributed by atoms with Crippen molar-refractivity contribution in [3.8, 4) is 0 Å². The Kier molecular flexibility index (Phi) is 14.0. The molecule has 1 saturated heterocycles. The first-order valence-electron chi connectivity index (χ1n) is 11.0. The van der Waals surface area contributed by atoms with Crippen molar-refractivity contribution in [2.24, 2.45) is 0 Å². The fraction of sp³-hybridized carbons (Fsp3) is 0.650. The molecular formula is C20H32N6O8S. The van der Waals surface area contributed by atoms with Crippen LogP contribution < -0.4 is 26.6 Å². The van der Waals surface area contributed by atoms with Crippen molar-refractivity contribution in [2.45, 2.75) is 37.4 Å². The first-order valence-corrected chi connectivity index (χ1v) is 11.5. The van der Waals surface area contributed by atoms with E-state index in [0.717, 1.165) is 0 Å². The van der Waals surface area contributed by atoms with Gasteiger partial charge >= 0.3 is 0 Å². The Morgan fingerprint density at radius 2 is 1.29 bits per heavy atom. The number of amides is 7. The van der Waals surface area contributed by atoms with Crippen LogP contribution in [0.25, 0.3) is 0 Å². The van der Waals surface area contributed by atoms with Crippen LogP contribution in [0.4, 0.5) is 0 Å². The number of likely N-dealkylation sites (tertiary alicyclic amines) is 1. The summed E-state index contributed by atoms with van der Waals surface area (Å²) in [4.78, 5) is 82.7. The van der Waals surface area contributed by atoms with Crippen LogP contribution >= 0.6 is 12.6 Å². The number of methoxy groups -OCH3 is 1. The van der Waals surface area contributed by atoms with Gasteiger partial charge in [0.1, 0.15) is 6.73 Å². The average Bonchev–Trinajstić information content (AvgIpc) is 3.07. The number of hydrogen-bond acceptors (Lipinski definition) is 9. The summed E-state index contributed by atoms with van der Waals surface area (Å²) in [6.45, 7) is -1.05. The lowest BCUT2D eigenvalue weighted by molar-refractivity contribution is -0.138. The highest BCUT2D eigenvalue weighted by molar-refractivity contribution is 7.81. The van der Waals surface area contributed by atoms with Gasteiger partial charge in [0.05, 0.1) is 31.4 Å². The zero-order valence-electron chi connectivity index (χ0n) is 19.5. The lowest BCUT2D eigenvalue weighted by atomic mass is 10.2. The second kappa shape index (κ2) is 16.4. The maximum Gasteiger partial charge on any atom is 0.242 e. The molecule has 0 spiro atoms. The van der Waals surface area contributed by atoms with Crippen molar-refractivity contribution in [1.82, 2.24) is 31.5 Å². The van der Waals surface area contributed by atoms with Crippen molar-refractivity contribution in [3.05, 3.63) is 0 Å². The molecule has 1 aliphatic rings. The van der Waals surface area contributed by atoms with Gasteiger partial charge < -0.3 is 31.3 Å². The van der Waals surface area contributed by atoms with Crippen molar-refractivity contribution < 1.29 is 38.3 Å². The summed E-state index contributed by atoms with van der Waals surface area (Å²) in [5.74, 6) is -3.13. The molecule has 0 aromatic rings. The van der Waals surface area contributed by atoms with Gasteiger partial charge in [0, 0.05) is 26.5 Å². The number of unbranched alkanes of at least 4 members (excludes halogenated alkanes) is 2. The number of nitrogens with one attached hydrogen (secondary N) is 5. The topological polar surface area (TPSA) is 192 Å². The number of carbonyl (C=O) groups is 7. The summed E-state index contributed by atoms with van der Waals surface area (Å²) in [6, 6.07) is 0. The molecule has 5 N–H and O–H groups in total. The largest absolute Gasteiger partial charge is 0.364 e. The monoisotopic (exact) mass is 516 g/mol. The number of thiol groups is 1.